The van der Waals surface area contributed by atoms with Crippen LogP contribution in [0.4, 0.5) is 0 Å². The second-order valence-corrected chi connectivity index (χ2v) is 3.37. The van der Waals surface area contributed by atoms with Gasteiger partial charge in [-0.1, -0.05) is 6.92 Å². The summed E-state index contributed by atoms with van der Waals surface area (Å²) in [4.78, 5) is 2.23. The maximum absolute atomic E-state index is 9.32. The van der Waals surface area contributed by atoms with Crippen molar-refractivity contribution in [2.24, 2.45) is 5.73 Å². The fraction of sp³-hybridized carbons (Fsp3) is 1.00. The van der Waals surface area contributed by atoms with Gasteiger partial charge in [-0.05, 0) is 19.4 Å². The third kappa shape index (κ3) is 2.77. The van der Waals surface area contributed by atoms with Crippen LogP contribution >= 0.6 is 0 Å². The van der Waals surface area contributed by atoms with E-state index >= 15 is 0 Å². The molecule has 3 nitrogen and oxygen atoms in total. The number of β-amino-alcohol motifs (C(OH)–C–C–N with tert-alkyl or cyclic N) is 1. The molecule has 3 heteroatoms. The van der Waals surface area contributed by atoms with Crippen molar-refractivity contribution in [2.45, 2.75) is 31.9 Å². The van der Waals surface area contributed by atoms with Crippen LogP contribution in [0.3, 0.4) is 0 Å². The molecule has 0 amide bonds. The molecule has 0 radical (unpaired) electrons. The van der Waals surface area contributed by atoms with E-state index in [1.54, 1.807) is 0 Å². The van der Waals surface area contributed by atoms with E-state index < -0.39 is 0 Å². The van der Waals surface area contributed by atoms with Gasteiger partial charge in [0, 0.05) is 19.1 Å². The van der Waals surface area contributed by atoms with Crippen molar-refractivity contribution < 1.29 is 5.11 Å². The predicted molar refractivity (Wildman–Crippen MR) is 45.3 cm³/mol. The van der Waals surface area contributed by atoms with Crippen LogP contribution in [0.15, 0.2) is 0 Å². The van der Waals surface area contributed by atoms with Crippen molar-refractivity contribution in [1.29, 1.82) is 0 Å². The molecular formula is C8H18N2O. The molecule has 0 bridgehead atoms. The van der Waals surface area contributed by atoms with Crippen LogP contribution in [0, 0.1) is 0 Å². The minimum atomic E-state index is -0.166. The number of nitrogens with zero attached hydrogens (tertiary/aromatic N) is 1. The Balaban J connectivity index is 2.17. The maximum atomic E-state index is 9.32. The van der Waals surface area contributed by atoms with E-state index in [1.165, 1.54) is 0 Å². The smallest absolute Gasteiger partial charge is 0.0664 e. The van der Waals surface area contributed by atoms with Crippen molar-refractivity contribution >= 4 is 0 Å². The van der Waals surface area contributed by atoms with Crippen LogP contribution in [-0.4, -0.2) is 41.8 Å². The Labute approximate surface area is 68.2 Å². The van der Waals surface area contributed by atoms with Crippen LogP contribution in [0.25, 0.3) is 0 Å². The third-order valence-electron chi connectivity index (χ3n) is 2.25. The van der Waals surface area contributed by atoms with E-state index in [9.17, 15) is 5.11 Å². The monoisotopic (exact) mass is 158 g/mol. The minimum Gasteiger partial charge on any atom is -0.392 e. The highest BCUT2D eigenvalue weighted by Gasteiger charge is 2.20. The number of aliphatic hydroxyl groups is 1. The lowest BCUT2D eigenvalue weighted by Gasteiger charge is -2.18. The predicted octanol–water partition coefficient (Wildman–Crippen LogP) is -0.210. The van der Waals surface area contributed by atoms with Crippen molar-refractivity contribution in [3.63, 3.8) is 0 Å². The average Bonchev–Trinajstić information content (AvgIpc) is 2.35. The zero-order chi connectivity index (χ0) is 8.27. The summed E-state index contributed by atoms with van der Waals surface area (Å²) in [7, 11) is 0. The van der Waals surface area contributed by atoms with Gasteiger partial charge in [0.25, 0.3) is 0 Å². The Morgan fingerprint density at radius 1 is 1.73 bits per heavy atom. The van der Waals surface area contributed by atoms with E-state index in [0.717, 1.165) is 32.5 Å². The molecular weight excluding hydrogens is 140 g/mol. The summed E-state index contributed by atoms with van der Waals surface area (Å²) in [5, 5.41) is 9.32. The van der Waals surface area contributed by atoms with Crippen molar-refractivity contribution in [3.05, 3.63) is 0 Å². The first kappa shape index (κ1) is 8.97. The number of aliphatic hydroxyl groups excluding tert-OH is 1. The van der Waals surface area contributed by atoms with Gasteiger partial charge in [-0.15, -0.1) is 0 Å². The van der Waals surface area contributed by atoms with E-state index in [1.807, 2.05) is 6.92 Å². The molecule has 1 aliphatic rings. The fourth-order valence-electron chi connectivity index (χ4n) is 1.46. The van der Waals surface area contributed by atoms with Crippen molar-refractivity contribution in [2.75, 3.05) is 19.6 Å². The Kier molecular flexibility index (Phi) is 3.30. The highest BCUT2D eigenvalue weighted by molar-refractivity contribution is 4.78. The zero-order valence-corrected chi connectivity index (χ0v) is 7.16. The van der Waals surface area contributed by atoms with Gasteiger partial charge in [0.1, 0.15) is 0 Å². The summed E-state index contributed by atoms with van der Waals surface area (Å²) in [6.07, 6.45) is 1.75. The molecule has 0 aromatic heterocycles. The summed E-state index contributed by atoms with van der Waals surface area (Å²) >= 11 is 0. The quantitative estimate of drug-likeness (QED) is 0.597. The van der Waals surface area contributed by atoms with E-state index in [0.29, 0.717) is 6.04 Å². The Morgan fingerprint density at radius 2 is 2.45 bits per heavy atom. The summed E-state index contributed by atoms with van der Waals surface area (Å²) in [6.45, 7) is 4.81. The van der Waals surface area contributed by atoms with E-state index in [2.05, 4.69) is 4.90 Å². The molecule has 1 unspecified atom stereocenters. The fourth-order valence-corrected chi connectivity index (χ4v) is 1.46. The molecule has 0 spiro atoms. The van der Waals surface area contributed by atoms with Crippen LogP contribution in [0.1, 0.15) is 19.8 Å². The van der Waals surface area contributed by atoms with Gasteiger partial charge in [-0.2, -0.15) is 0 Å². The molecule has 0 aliphatic carbocycles. The first-order valence-electron chi connectivity index (χ1n) is 4.38. The summed E-state index contributed by atoms with van der Waals surface area (Å²) < 4.78 is 0. The van der Waals surface area contributed by atoms with Crippen LogP contribution < -0.4 is 5.73 Å². The summed E-state index contributed by atoms with van der Waals surface area (Å²) in [5.41, 5.74) is 5.72. The van der Waals surface area contributed by atoms with Gasteiger partial charge in [0.2, 0.25) is 0 Å². The highest BCUT2D eigenvalue weighted by atomic mass is 16.3. The Bertz CT molecular complexity index is 119. The molecule has 1 aliphatic heterocycles. The third-order valence-corrected chi connectivity index (χ3v) is 2.25. The molecule has 1 saturated heterocycles. The Morgan fingerprint density at radius 3 is 2.91 bits per heavy atom. The number of rotatable bonds is 3. The lowest BCUT2D eigenvalue weighted by Crippen LogP contribution is -2.32. The second-order valence-electron chi connectivity index (χ2n) is 3.37. The number of hydrogen-bond donors (Lipinski definition) is 2. The van der Waals surface area contributed by atoms with Crippen molar-refractivity contribution in [3.8, 4) is 0 Å². The summed E-state index contributed by atoms with van der Waals surface area (Å²) in [5.74, 6) is 0. The number of nitrogens with two attached hydrogens (primary N) is 1. The molecule has 0 aromatic carbocycles. The van der Waals surface area contributed by atoms with Gasteiger partial charge in [0.05, 0.1) is 6.10 Å². The number of hydrogen-bond acceptors (Lipinski definition) is 3. The SMILES string of the molecule is CCC(O)CN1CC[C@H](N)C1. The minimum absolute atomic E-state index is 0.166. The molecule has 0 saturated carbocycles. The molecule has 1 rings (SSSR count). The average molecular weight is 158 g/mol. The van der Waals surface area contributed by atoms with Gasteiger partial charge in [-0.3, -0.25) is 4.90 Å². The molecule has 11 heavy (non-hydrogen) atoms. The van der Waals surface area contributed by atoms with Gasteiger partial charge < -0.3 is 10.8 Å². The standard InChI is InChI=1S/C8H18N2O/c1-2-8(11)6-10-4-3-7(9)5-10/h7-8,11H,2-6,9H2,1H3/t7-,8?/m0/s1. The lowest BCUT2D eigenvalue weighted by atomic mass is 10.2. The van der Waals surface area contributed by atoms with E-state index in [4.69, 9.17) is 5.73 Å². The highest BCUT2D eigenvalue weighted by Crippen LogP contribution is 2.07. The van der Waals surface area contributed by atoms with Crippen LogP contribution in [0.2, 0.25) is 0 Å². The molecule has 2 atom stereocenters. The lowest BCUT2D eigenvalue weighted by molar-refractivity contribution is 0.121. The van der Waals surface area contributed by atoms with Crippen LogP contribution in [-0.2, 0) is 0 Å². The molecule has 3 N–H and O–H groups in total. The largest absolute Gasteiger partial charge is 0.392 e. The van der Waals surface area contributed by atoms with Gasteiger partial charge >= 0.3 is 0 Å². The topological polar surface area (TPSA) is 49.5 Å². The number of likely N-dealkylation sites (tertiary alicyclic amines) is 1. The molecule has 0 aromatic rings. The van der Waals surface area contributed by atoms with E-state index in [-0.39, 0.29) is 6.10 Å². The second kappa shape index (κ2) is 4.04. The molecule has 66 valence electrons. The zero-order valence-electron chi connectivity index (χ0n) is 7.16. The Hall–Kier alpha value is -0.120. The van der Waals surface area contributed by atoms with Gasteiger partial charge in [0.15, 0.2) is 0 Å². The van der Waals surface area contributed by atoms with Crippen LogP contribution in [0.5, 0.6) is 0 Å². The summed E-state index contributed by atoms with van der Waals surface area (Å²) in [6, 6.07) is 0.332. The normalized spacial score (nSPS) is 29.2. The first-order valence-corrected chi connectivity index (χ1v) is 4.38. The van der Waals surface area contributed by atoms with Crippen molar-refractivity contribution in [1.82, 2.24) is 4.90 Å². The maximum Gasteiger partial charge on any atom is 0.0664 e. The van der Waals surface area contributed by atoms with Gasteiger partial charge in [-0.25, -0.2) is 0 Å². The molecule has 1 fully saturated rings. The first-order chi connectivity index (χ1) is 5.22. The molecule has 1 heterocycles.